The molecule has 1 atom stereocenters. The Morgan fingerprint density at radius 2 is 1.90 bits per heavy atom. The first-order valence-corrected chi connectivity index (χ1v) is 5.99. The van der Waals surface area contributed by atoms with Crippen LogP contribution in [0.5, 0.6) is 0 Å². The van der Waals surface area contributed by atoms with Crippen LogP contribution in [0.15, 0.2) is 24.3 Å². The molecule has 0 saturated carbocycles. The molecule has 0 aromatic heterocycles. The molecular weight excluding hydrogens is 266 g/mol. The summed E-state index contributed by atoms with van der Waals surface area (Å²) in [6.45, 7) is 2.98. The van der Waals surface area contributed by atoms with Gasteiger partial charge in [0.25, 0.3) is 0 Å². The highest BCUT2D eigenvalue weighted by molar-refractivity contribution is 5.05. The van der Waals surface area contributed by atoms with Gasteiger partial charge < -0.3 is 10.5 Å². The van der Waals surface area contributed by atoms with Crippen LogP contribution in [0.1, 0.15) is 0 Å². The van der Waals surface area contributed by atoms with Crippen LogP contribution in [0.2, 0.25) is 0 Å². The van der Waals surface area contributed by atoms with E-state index >= 15 is 0 Å². The summed E-state index contributed by atoms with van der Waals surface area (Å²) in [4.78, 5) is 5.20. The second kappa shape index (κ2) is 11.3. The van der Waals surface area contributed by atoms with Crippen molar-refractivity contribution >= 4 is 0 Å². The lowest BCUT2D eigenvalue weighted by Gasteiger charge is -2.11. The molecular formula is C14H20F2N2O2. The average Bonchev–Trinajstić information content (AvgIpc) is 2.88. The van der Waals surface area contributed by atoms with Crippen molar-refractivity contribution in [2.24, 2.45) is 5.73 Å². The molecule has 1 fully saturated rings. The van der Waals surface area contributed by atoms with Gasteiger partial charge >= 0.3 is 0 Å². The van der Waals surface area contributed by atoms with Crippen LogP contribution in [0.4, 0.5) is 8.78 Å². The van der Waals surface area contributed by atoms with Crippen molar-refractivity contribution in [1.29, 1.82) is 0 Å². The van der Waals surface area contributed by atoms with E-state index in [0.717, 1.165) is 25.2 Å². The minimum atomic E-state index is -0.799. The summed E-state index contributed by atoms with van der Waals surface area (Å²) in [6.07, 6.45) is 8.00. The molecule has 2 N–H and O–H groups in total. The van der Waals surface area contributed by atoms with Gasteiger partial charge in [-0.1, -0.05) is 12.1 Å². The molecule has 20 heavy (non-hydrogen) atoms. The number of halogens is 2. The summed E-state index contributed by atoms with van der Waals surface area (Å²) in [6, 6.07) is 5.22. The lowest BCUT2D eigenvalue weighted by molar-refractivity contribution is -0.118. The number of rotatable bonds is 3. The average molecular weight is 286 g/mol. The quantitative estimate of drug-likeness (QED) is 0.854. The molecule has 0 spiro atoms. The van der Waals surface area contributed by atoms with Gasteiger partial charge in [-0.3, -0.25) is 4.84 Å². The van der Waals surface area contributed by atoms with Gasteiger partial charge in [-0.05, 0) is 12.1 Å². The number of nitrogens with two attached hydrogens (primary N) is 1. The normalized spacial score (nSPS) is 17.6. The molecule has 0 bridgehead atoms. The lowest BCUT2D eigenvalue weighted by atomic mass is 10.3. The van der Waals surface area contributed by atoms with E-state index in [4.69, 9.17) is 15.3 Å². The molecule has 1 aromatic carbocycles. The highest BCUT2D eigenvalue weighted by atomic mass is 19.2. The van der Waals surface area contributed by atoms with Crippen molar-refractivity contribution in [3.8, 4) is 12.8 Å². The number of hydrogen-bond acceptors (Lipinski definition) is 4. The molecule has 1 aliphatic rings. The van der Waals surface area contributed by atoms with E-state index in [-0.39, 0.29) is 6.04 Å². The molecule has 1 heterocycles. The molecule has 4 nitrogen and oxygen atoms in total. The topological polar surface area (TPSA) is 47.7 Å². The monoisotopic (exact) mass is 286 g/mol. The van der Waals surface area contributed by atoms with Crippen LogP contribution in [0.3, 0.4) is 0 Å². The molecule has 2 rings (SSSR count). The zero-order valence-electron chi connectivity index (χ0n) is 11.5. The van der Waals surface area contributed by atoms with E-state index in [1.54, 1.807) is 7.11 Å². The van der Waals surface area contributed by atoms with Crippen LogP contribution < -0.4 is 5.73 Å². The van der Waals surface area contributed by atoms with Crippen LogP contribution in [0.25, 0.3) is 0 Å². The van der Waals surface area contributed by atoms with E-state index in [1.807, 2.05) is 5.06 Å². The Kier molecular flexibility index (Phi) is 10.5. The van der Waals surface area contributed by atoms with Crippen molar-refractivity contribution in [3.05, 3.63) is 35.9 Å². The number of ether oxygens (including phenoxy) is 1. The van der Waals surface area contributed by atoms with Crippen molar-refractivity contribution in [1.82, 2.24) is 5.06 Å². The molecule has 0 amide bonds. The Bertz CT molecular complexity index is 367. The highest BCUT2D eigenvalue weighted by Gasteiger charge is 2.18. The maximum atomic E-state index is 11.9. The zero-order chi connectivity index (χ0) is 15.4. The van der Waals surface area contributed by atoms with Crippen molar-refractivity contribution in [3.63, 3.8) is 0 Å². The van der Waals surface area contributed by atoms with Gasteiger partial charge in [0.2, 0.25) is 0 Å². The molecule has 0 aliphatic carbocycles. The van der Waals surface area contributed by atoms with Gasteiger partial charge in [0.05, 0.1) is 13.2 Å². The predicted molar refractivity (Wildman–Crippen MR) is 73.6 cm³/mol. The summed E-state index contributed by atoms with van der Waals surface area (Å²) in [5.74, 6) is -1.60. The Morgan fingerprint density at radius 1 is 1.35 bits per heavy atom. The standard InChI is InChI=1S/C6H4F2.C6H14N2O2.C2H2/c7-5-3-1-2-4-6(5)8;1-9-3-2-8-4-6(7)5-10-8;1-2/h1-4H;6H,2-5,7H2,1H3;1-2H/t;6-;/m.1./s1. The minimum Gasteiger partial charge on any atom is -0.383 e. The Hall–Kier alpha value is -1.52. The molecule has 0 radical (unpaired) electrons. The summed E-state index contributed by atoms with van der Waals surface area (Å²) in [5.41, 5.74) is 5.59. The minimum absolute atomic E-state index is 0.178. The maximum Gasteiger partial charge on any atom is 0.158 e. The number of nitrogens with zero attached hydrogens (tertiary/aromatic N) is 1. The second-order valence-corrected chi connectivity index (χ2v) is 3.85. The fourth-order valence-corrected chi connectivity index (χ4v) is 1.36. The first-order chi connectivity index (χ1) is 9.63. The third-order valence-electron chi connectivity index (χ3n) is 2.28. The van der Waals surface area contributed by atoms with E-state index < -0.39 is 11.6 Å². The number of hydroxylamine groups is 2. The lowest BCUT2D eigenvalue weighted by Crippen LogP contribution is -2.29. The van der Waals surface area contributed by atoms with Gasteiger partial charge in [0, 0.05) is 26.2 Å². The number of hydrogen-bond donors (Lipinski definition) is 1. The highest BCUT2D eigenvalue weighted by Crippen LogP contribution is 2.02. The Balaban J connectivity index is 0.000000327. The van der Waals surface area contributed by atoms with Gasteiger partial charge in [0.1, 0.15) is 0 Å². The number of benzene rings is 1. The van der Waals surface area contributed by atoms with Crippen LogP contribution in [-0.2, 0) is 9.57 Å². The number of terminal acetylenes is 1. The van der Waals surface area contributed by atoms with E-state index in [9.17, 15) is 8.78 Å². The summed E-state index contributed by atoms with van der Waals surface area (Å²) in [5, 5.41) is 1.84. The van der Waals surface area contributed by atoms with Gasteiger partial charge in [-0.25, -0.2) is 8.78 Å². The van der Waals surface area contributed by atoms with Crippen LogP contribution >= 0.6 is 0 Å². The van der Waals surface area contributed by atoms with E-state index in [1.165, 1.54) is 12.1 Å². The van der Waals surface area contributed by atoms with Crippen molar-refractivity contribution in [2.45, 2.75) is 6.04 Å². The van der Waals surface area contributed by atoms with Crippen LogP contribution in [0, 0.1) is 24.5 Å². The van der Waals surface area contributed by atoms with Crippen LogP contribution in [-0.4, -0.2) is 44.5 Å². The van der Waals surface area contributed by atoms with Gasteiger partial charge in [0.15, 0.2) is 11.6 Å². The summed E-state index contributed by atoms with van der Waals surface area (Å²) >= 11 is 0. The summed E-state index contributed by atoms with van der Waals surface area (Å²) < 4.78 is 28.8. The van der Waals surface area contributed by atoms with E-state index in [2.05, 4.69) is 12.8 Å². The Labute approximate surface area is 118 Å². The van der Waals surface area contributed by atoms with Gasteiger partial charge in [-0.15, -0.1) is 12.8 Å². The first kappa shape index (κ1) is 18.5. The maximum absolute atomic E-state index is 11.9. The SMILES string of the molecule is C#C.COCCN1C[C@@H](N)CO1.Fc1ccccc1F. The molecule has 1 aromatic rings. The predicted octanol–water partition coefficient (Wildman–Crippen LogP) is 1.42. The first-order valence-electron chi connectivity index (χ1n) is 5.99. The molecule has 1 aliphatic heterocycles. The smallest absolute Gasteiger partial charge is 0.158 e. The second-order valence-electron chi connectivity index (χ2n) is 3.85. The summed E-state index contributed by atoms with van der Waals surface area (Å²) in [7, 11) is 1.68. The largest absolute Gasteiger partial charge is 0.383 e. The Morgan fingerprint density at radius 3 is 2.25 bits per heavy atom. The molecule has 6 heteroatoms. The molecule has 1 saturated heterocycles. The fourth-order valence-electron chi connectivity index (χ4n) is 1.36. The van der Waals surface area contributed by atoms with Crippen molar-refractivity contribution in [2.75, 3.05) is 33.4 Å². The van der Waals surface area contributed by atoms with E-state index in [0.29, 0.717) is 13.2 Å². The molecule has 0 unspecified atom stereocenters. The van der Waals surface area contributed by atoms with Crippen molar-refractivity contribution < 1.29 is 18.4 Å². The number of methoxy groups -OCH3 is 1. The molecule has 112 valence electrons. The third kappa shape index (κ3) is 7.81. The third-order valence-corrected chi connectivity index (χ3v) is 2.28. The fraction of sp³-hybridized carbons (Fsp3) is 0.429. The van der Waals surface area contributed by atoms with Gasteiger partial charge in [-0.2, -0.15) is 5.06 Å². The zero-order valence-corrected chi connectivity index (χ0v) is 11.5.